The maximum absolute atomic E-state index is 12.9. The highest BCUT2D eigenvalue weighted by Gasteiger charge is 2.37. The van der Waals surface area contributed by atoms with E-state index < -0.39 is 17.7 Å². The average molecular weight is 363 g/mol. The van der Waals surface area contributed by atoms with Gasteiger partial charge in [-0.2, -0.15) is 13.2 Å². The average Bonchev–Trinajstić information content (AvgIpc) is 2.98. The van der Waals surface area contributed by atoms with Crippen molar-refractivity contribution in [2.24, 2.45) is 5.92 Å². The fourth-order valence-electron chi connectivity index (χ4n) is 2.82. The van der Waals surface area contributed by atoms with Crippen LogP contribution in [0.5, 0.6) is 0 Å². The van der Waals surface area contributed by atoms with Gasteiger partial charge >= 0.3 is 6.18 Å². The number of amides is 2. The number of hydrogen-bond donors (Lipinski definition) is 1. The van der Waals surface area contributed by atoms with Crippen molar-refractivity contribution in [3.8, 4) is 0 Å². The highest BCUT2D eigenvalue weighted by atomic mass is 19.4. The number of nitrogens with one attached hydrogen (secondary N) is 1. The van der Waals surface area contributed by atoms with E-state index in [1.165, 1.54) is 23.2 Å². The largest absolute Gasteiger partial charge is 0.416 e. The molecule has 0 radical (unpaired) electrons. The van der Waals surface area contributed by atoms with Gasteiger partial charge in [-0.3, -0.25) is 9.59 Å². The summed E-state index contributed by atoms with van der Waals surface area (Å²) in [5, 5.41) is 2.67. The monoisotopic (exact) mass is 363 g/mol. The lowest BCUT2D eigenvalue weighted by Gasteiger charge is -2.18. The van der Waals surface area contributed by atoms with Crippen LogP contribution < -0.4 is 10.2 Å². The van der Waals surface area contributed by atoms with Crippen LogP contribution in [0.2, 0.25) is 0 Å². The first-order valence-corrected chi connectivity index (χ1v) is 7.96. The van der Waals surface area contributed by atoms with Gasteiger partial charge in [-0.15, -0.1) is 0 Å². The van der Waals surface area contributed by atoms with Crippen LogP contribution in [0.15, 0.2) is 42.6 Å². The van der Waals surface area contributed by atoms with Crippen molar-refractivity contribution in [3.63, 3.8) is 0 Å². The number of anilines is 2. The molecule has 1 aromatic carbocycles. The number of halogens is 3. The third-order valence-electron chi connectivity index (χ3n) is 4.23. The van der Waals surface area contributed by atoms with Crippen molar-refractivity contribution in [2.45, 2.75) is 19.5 Å². The second-order valence-electron chi connectivity index (χ2n) is 6.11. The second-order valence-corrected chi connectivity index (χ2v) is 6.11. The van der Waals surface area contributed by atoms with E-state index in [9.17, 15) is 22.8 Å². The van der Waals surface area contributed by atoms with Crippen LogP contribution in [0.3, 0.4) is 0 Å². The molecule has 1 aliphatic heterocycles. The maximum atomic E-state index is 12.9. The Kier molecular flexibility index (Phi) is 4.67. The van der Waals surface area contributed by atoms with Gasteiger partial charge in [0.1, 0.15) is 5.82 Å². The van der Waals surface area contributed by atoms with Crippen LogP contribution in [0.1, 0.15) is 17.5 Å². The van der Waals surface area contributed by atoms with Crippen molar-refractivity contribution in [1.29, 1.82) is 0 Å². The Morgan fingerprint density at radius 2 is 2.04 bits per heavy atom. The molecule has 2 heterocycles. The summed E-state index contributed by atoms with van der Waals surface area (Å²) in [5.74, 6) is -1.02. The van der Waals surface area contributed by atoms with E-state index in [4.69, 9.17) is 0 Å². The lowest BCUT2D eigenvalue weighted by Crippen LogP contribution is -2.28. The van der Waals surface area contributed by atoms with Gasteiger partial charge in [0.05, 0.1) is 11.5 Å². The standard InChI is InChI=1S/C18H16F3N3O2/c1-11-4-3-7-22-16(11)23-17(26)12-8-15(25)24(10-12)14-6-2-5-13(9-14)18(19,20)21/h2-7,9,12H,8,10H2,1H3,(H,22,23,26)/t12-/m1/s1. The number of aryl methyl sites for hydroxylation is 1. The molecule has 1 aliphatic rings. The molecule has 1 N–H and O–H groups in total. The van der Waals surface area contributed by atoms with Crippen molar-refractivity contribution < 1.29 is 22.8 Å². The molecular weight excluding hydrogens is 347 g/mol. The number of pyridine rings is 1. The first-order valence-electron chi connectivity index (χ1n) is 7.96. The molecule has 136 valence electrons. The Balaban J connectivity index is 1.75. The Bertz CT molecular complexity index is 852. The van der Waals surface area contributed by atoms with Gasteiger partial charge in [0.15, 0.2) is 0 Å². The number of carbonyl (C=O) groups is 2. The third kappa shape index (κ3) is 3.68. The van der Waals surface area contributed by atoms with Gasteiger partial charge in [0, 0.05) is 24.8 Å². The third-order valence-corrected chi connectivity index (χ3v) is 4.23. The molecule has 0 bridgehead atoms. The second kappa shape index (κ2) is 6.78. The highest BCUT2D eigenvalue weighted by molar-refractivity contribution is 6.03. The predicted octanol–water partition coefficient (Wildman–Crippen LogP) is 3.40. The number of carbonyl (C=O) groups excluding carboxylic acids is 2. The molecule has 1 saturated heterocycles. The molecule has 0 aliphatic carbocycles. The summed E-state index contributed by atoms with van der Waals surface area (Å²) in [6, 6.07) is 8.06. The van der Waals surface area contributed by atoms with Crippen LogP contribution >= 0.6 is 0 Å². The summed E-state index contributed by atoms with van der Waals surface area (Å²) in [5.41, 5.74) is 0.0776. The number of nitrogens with zero attached hydrogens (tertiary/aromatic N) is 2. The summed E-state index contributed by atoms with van der Waals surface area (Å²) < 4.78 is 38.6. The molecule has 1 fully saturated rings. The van der Waals surface area contributed by atoms with E-state index >= 15 is 0 Å². The molecule has 1 atom stereocenters. The molecule has 26 heavy (non-hydrogen) atoms. The fourth-order valence-corrected chi connectivity index (χ4v) is 2.82. The molecule has 3 rings (SSSR count). The summed E-state index contributed by atoms with van der Waals surface area (Å²) in [7, 11) is 0. The summed E-state index contributed by atoms with van der Waals surface area (Å²) in [6.07, 6.45) is -3.02. The van der Waals surface area contributed by atoms with Crippen molar-refractivity contribution in [2.75, 3.05) is 16.8 Å². The highest BCUT2D eigenvalue weighted by Crippen LogP contribution is 2.33. The Morgan fingerprint density at radius 1 is 1.27 bits per heavy atom. The predicted molar refractivity (Wildman–Crippen MR) is 89.5 cm³/mol. The minimum Gasteiger partial charge on any atom is -0.312 e. The maximum Gasteiger partial charge on any atom is 0.416 e. The molecule has 1 aromatic heterocycles. The zero-order chi connectivity index (χ0) is 18.9. The summed E-state index contributed by atoms with van der Waals surface area (Å²) in [6.45, 7) is 1.81. The first-order chi connectivity index (χ1) is 12.3. The first kappa shape index (κ1) is 17.9. The minimum atomic E-state index is -4.49. The smallest absolute Gasteiger partial charge is 0.312 e. The minimum absolute atomic E-state index is 0.0257. The topological polar surface area (TPSA) is 62.3 Å². The van der Waals surface area contributed by atoms with Crippen LogP contribution in [-0.2, 0) is 15.8 Å². The van der Waals surface area contributed by atoms with Crippen molar-refractivity contribution in [3.05, 3.63) is 53.7 Å². The summed E-state index contributed by atoms with van der Waals surface area (Å²) >= 11 is 0. The van der Waals surface area contributed by atoms with E-state index in [1.54, 1.807) is 19.1 Å². The lowest BCUT2D eigenvalue weighted by atomic mass is 10.1. The molecule has 0 unspecified atom stereocenters. The molecule has 2 amide bonds. The van der Waals surface area contributed by atoms with Crippen molar-refractivity contribution >= 4 is 23.3 Å². The Morgan fingerprint density at radius 3 is 2.73 bits per heavy atom. The fraction of sp³-hybridized carbons (Fsp3) is 0.278. The Labute approximate surface area is 147 Å². The van der Waals surface area contributed by atoms with Gasteiger partial charge < -0.3 is 10.2 Å². The van der Waals surface area contributed by atoms with Gasteiger partial charge in [-0.1, -0.05) is 12.1 Å². The van der Waals surface area contributed by atoms with E-state index in [1.807, 2.05) is 0 Å². The van der Waals surface area contributed by atoms with Gasteiger partial charge in [0.2, 0.25) is 11.8 Å². The molecule has 5 nitrogen and oxygen atoms in total. The van der Waals surface area contributed by atoms with Crippen LogP contribution in [0.4, 0.5) is 24.7 Å². The number of aromatic nitrogens is 1. The molecule has 0 spiro atoms. The Hall–Kier alpha value is -2.90. The SMILES string of the molecule is Cc1cccnc1NC(=O)[C@@H]1CC(=O)N(c2cccc(C(F)(F)F)c2)C1. The molecular formula is C18H16F3N3O2. The molecule has 2 aromatic rings. The van der Waals surface area contributed by atoms with Crippen molar-refractivity contribution in [1.82, 2.24) is 4.98 Å². The number of rotatable bonds is 3. The lowest BCUT2D eigenvalue weighted by molar-refractivity contribution is -0.137. The number of hydrogen-bond acceptors (Lipinski definition) is 3. The van der Waals surface area contributed by atoms with Crippen LogP contribution in [0, 0.1) is 12.8 Å². The van der Waals surface area contributed by atoms with E-state index in [0.29, 0.717) is 5.82 Å². The van der Waals surface area contributed by atoms with Gasteiger partial charge in [-0.05, 0) is 36.8 Å². The summed E-state index contributed by atoms with van der Waals surface area (Å²) in [4.78, 5) is 29.9. The molecule has 8 heteroatoms. The number of alkyl halides is 3. The van der Waals surface area contributed by atoms with Gasteiger partial charge in [0.25, 0.3) is 0 Å². The van der Waals surface area contributed by atoms with Gasteiger partial charge in [-0.25, -0.2) is 4.98 Å². The van der Waals surface area contributed by atoms with E-state index in [0.717, 1.165) is 17.7 Å². The zero-order valence-electron chi connectivity index (χ0n) is 13.9. The normalized spacial score (nSPS) is 17.5. The van der Waals surface area contributed by atoms with Crippen LogP contribution in [0.25, 0.3) is 0 Å². The van der Waals surface area contributed by atoms with E-state index in [2.05, 4.69) is 10.3 Å². The molecule has 0 saturated carbocycles. The zero-order valence-corrected chi connectivity index (χ0v) is 13.9. The quantitative estimate of drug-likeness (QED) is 0.909. The number of benzene rings is 1. The van der Waals surface area contributed by atoms with E-state index in [-0.39, 0.29) is 30.5 Å². The van der Waals surface area contributed by atoms with Crippen LogP contribution in [-0.4, -0.2) is 23.3 Å².